The normalized spacial score (nSPS) is 18.4. The summed E-state index contributed by atoms with van der Waals surface area (Å²) in [6, 6.07) is 18.7. The third-order valence-electron chi connectivity index (χ3n) is 7.24. The van der Waals surface area contributed by atoms with Gasteiger partial charge in [-0.3, -0.25) is 14.5 Å². The van der Waals surface area contributed by atoms with Crippen molar-refractivity contribution in [2.75, 3.05) is 40.5 Å². The second kappa shape index (κ2) is 11.7. The maximum absolute atomic E-state index is 14.8. The highest BCUT2D eigenvalue weighted by Gasteiger charge is 2.45. The fourth-order valence-corrected chi connectivity index (χ4v) is 5.35. The van der Waals surface area contributed by atoms with Crippen molar-refractivity contribution >= 4 is 11.6 Å². The highest BCUT2D eigenvalue weighted by molar-refractivity contribution is 6.02. The summed E-state index contributed by atoms with van der Waals surface area (Å²) in [5, 5.41) is 9.71. The minimum absolute atomic E-state index is 0.107. The molecule has 1 saturated heterocycles. The van der Waals surface area contributed by atoms with E-state index in [-0.39, 0.29) is 24.0 Å². The molecule has 3 aromatic rings. The lowest BCUT2D eigenvalue weighted by Crippen LogP contribution is -2.51. The first-order valence-electron chi connectivity index (χ1n) is 12.3. The summed E-state index contributed by atoms with van der Waals surface area (Å²) < 4.78 is 25.4. The zero-order valence-corrected chi connectivity index (χ0v) is 21.3. The van der Waals surface area contributed by atoms with Gasteiger partial charge in [0.15, 0.2) is 11.6 Å². The Morgan fingerprint density at radius 1 is 0.892 bits per heavy atom. The minimum atomic E-state index is -0.646. The molecule has 1 heterocycles. The Morgan fingerprint density at radius 3 is 1.89 bits per heavy atom. The fraction of sp³-hybridized carbons (Fsp3) is 0.333. The van der Waals surface area contributed by atoms with Crippen LogP contribution in [-0.2, 0) is 0 Å². The van der Waals surface area contributed by atoms with Gasteiger partial charge in [-0.2, -0.15) is 0 Å². The number of hydrogen-bond donors (Lipinski definition) is 1. The lowest BCUT2D eigenvalue weighted by atomic mass is 9.68. The number of hydrogen-bond acceptors (Lipinski definition) is 6. The number of carbonyl (C=O) groups excluding carboxylic acids is 2. The number of methoxy groups -OCH3 is 2. The number of ether oxygens (including phenoxy) is 2. The second-order valence-corrected chi connectivity index (χ2v) is 9.37. The number of carbonyl (C=O) groups is 2. The number of aliphatic hydroxyl groups excluding tert-OH is 1. The van der Waals surface area contributed by atoms with Crippen LogP contribution in [0, 0.1) is 24.6 Å². The van der Waals surface area contributed by atoms with Crippen LogP contribution < -0.4 is 9.47 Å². The average Bonchev–Trinajstić information content (AvgIpc) is 2.93. The maximum Gasteiger partial charge on any atom is 0.167 e. The van der Waals surface area contributed by atoms with E-state index in [1.165, 1.54) is 20.3 Å². The molecule has 37 heavy (non-hydrogen) atoms. The summed E-state index contributed by atoms with van der Waals surface area (Å²) in [5.74, 6) is -1.44. The van der Waals surface area contributed by atoms with Crippen LogP contribution in [0.2, 0.25) is 0 Å². The molecule has 1 N–H and O–H groups in total. The van der Waals surface area contributed by atoms with Gasteiger partial charge < -0.3 is 14.6 Å². The van der Waals surface area contributed by atoms with Crippen molar-refractivity contribution in [1.29, 1.82) is 0 Å². The van der Waals surface area contributed by atoms with E-state index in [1.54, 1.807) is 61.5 Å². The van der Waals surface area contributed by atoms with Gasteiger partial charge in [-0.25, -0.2) is 4.39 Å². The molecular weight excluding hydrogens is 473 g/mol. The highest BCUT2D eigenvalue weighted by Crippen LogP contribution is 2.42. The highest BCUT2D eigenvalue weighted by atomic mass is 19.1. The number of aliphatic hydroxyl groups is 1. The molecule has 0 amide bonds. The van der Waals surface area contributed by atoms with Crippen LogP contribution in [0.5, 0.6) is 11.5 Å². The second-order valence-electron chi connectivity index (χ2n) is 9.37. The molecule has 1 aliphatic heterocycles. The molecule has 0 aliphatic carbocycles. The van der Waals surface area contributed by atoms with Crippen LogP contribution >= 0.6 is 0 Å². The zero-order chi connectivity index (χ0) is 26.5. The predicted molar refractivity (Wildman–Crippen MR) is 139 cm³/mol. The third-order valence-corrected chi connectivity index (χ3v) is 7.24. The van der Waals surface area contributed by atoms with Gasteiger partial charge in [0, 0.05) is 48.5 Å². The SMILES string of the molecule is COc1cccc(C(=O)[C@H]2CN(CCO)C[C@H](C(=O)c3cccc(OC)c3)C2c2cccc(F)c2C)c1. The first-order valence-corrected chi connectivity index (χ1v) is 12.3. The number of likely N-dealkylation sites (tertiary alicyclic amines) is 1. The van der Waals surface area contributed by atoms with E-state index in [9.17, 15) is 19.1 Å². The lowest BCUT2D eigenvalue weighted by Gasteiger charge is -2.43. The van der Waals surface area contributed by atoms with Crippen LogP contribution in [0.3, 0.4) is 0 Å². The Bertz CT molecular complexity index is 1210. The van der Waals surface area contributed by atoms with Gasteiger partial charge in [-0.1, -0.05) is 36.4 Å². The molecule has 0 spiro atoms. The monoisotopic (exact) mass is 505 g/mol. The van der Waals surface area contributed by atoms with E-state index in [2.05, 4.69) is 0 Å². The Morgan fingerprint density at radius 2 is 1.41 bits per heavy atom. The molecule has 0 aromatic heterocycles. The van der Waals surface area contributed by atoms with Gasteiger partial charge in [-0.05, 0) is 48.4 Å². The summed E-state index contributed by atoms with van der Waals surface area (Å²) in [5.41, 5.74) is 1.99. The molecule has 1 fully saturated rings. The van der Waals surface area contributed by atoms with Crippen molar-refractivity contribution in [1.82, 2.24) is 4.90 Å². The molecule has 2 atom stereocenters. The van der Waals surface area contributed by atoms with Gasteiger partial charge in [0.25, 0.3) is 0 Å². The Hall–Kier alpha value is -3.55. The number of halogens is 1. The van der Waals surface area contributed by atoms with Crippen molar-refractivity contribution in [3.05, 3.63) is 94.8 Å². The first kappa shape index (κ1) is 26.5. The van der Waals surface area contributed by atoms with Crippen molar-refractivity contribution in [2.24, 2.45) is 11.8 Å². The smallest absolute Gasteiger partial charge is 0.167 e. The van der Waals surface area contributed by atoms with E-state index < -0.39 is 17.8 Å². The number of ketones is 2. The van der Waals surface area contributed by atoms with Crippen LogP contribution in [0.15, 0.2) is 66.7 Å². The van der Waals surface area contributed by atoms with Crippen molar-refractivity contribution in [3.8, 4) is 11.5 Å². The van der Waals surface area contributed by atoms with Crippen LogP contribution in [-0.4, -0.2) is 62.0 Å². The largest absolute Gasteiger partial charge is 0.497 e. The summed E-state index contributed by atoms with van der Waals surface area (Å²) in [7, 11) is 3.07. The first-order chi connectivity index (χ1) is 17.9. The molecule has 4 rings (SSSR count). The summed E-state index contributed by atoms with van der Waals surface area (Å²) in [6.07, 6.45) is 0. The third kappa shape index (κ3) is 5.58. The van der Waals surface area contributed by atoms with Gasteiger partial charge in [0.05, 0.1) is 20.8 Å². The number of rotatable bonds is 9. The predicted octanol–water partition coefficient (Wildman–Crippen LogP) is 4.54. The molecule has 194 valence electrons. The Labute approximate surface area is 216 Å². The van der Waals surface area contributed by atoms with Crippen molar-refractivity contribution < 1.29 is 28.6 Å². The van der Waals surface area contributed by atoms with Gasteiger partial charge >= 0.3 is 0 Å². The van der Waals surface area contributed by atoms with Gasteiger partial charge in [-0.15, -0.1) is 0 Å². The van der Waals surface area contributed by atoms with Crippen molar-refractivity contribution in [3.63, 3.8) is 0 Å². The van der Waals surface area contributed by atoms with Crippen molar-refractivity contribution in [2.45, 2.75) is 12.8 Å². The molecule has 0 bridgehead atoms. The van der Waals surface area contributed by atoms with E-state index >= 15 is 0 Å². The Kier molecular flexibility index (Phi) is 8.36. The van der Waals surface area contributed by atoms with Crippen LogP contribution in [0.4, 0.5) is 4.39 Å². The number of Topliss-reactive ketones (excluding diaryl/α,β-unsaturated/α-hetero) is 2. The van der Waals surface area contributed by atoms with Gasteiger partial charge in [0.2, 0.25) is 0 Å². The van der Waals surface area contributed by atoms with Crippen LogP contribution in [0.25, 0.3) is 0 Å². The number of piperidine rings is 1. The van der Waals surface area contributed by atoms with E-state index in [0.29, 0.717) is 53.4 Å². The molecule has 0 unspecified atom stereocenters. The Balaban J connectivity index is 1.86. The fourth-order valence-electron chi connectivity index (χ4n) is 5.35. The maximum atomic E-state index is 14.8. The average molecular weight is 506 g/mol. The van der Waals surface area contributed by atoms with Gasteiger partial charge in [0.1, 0.15) is 17.3 Å². The van der Waals surface area contributed by atoms with E-state index in [4.69, 9.17) is 9.47 Å². The molecule has 7 heteroatoms. The number of β-amino-alcohol motifs (C(OH)–C–C–N with tert-alkyl or cyclic N) is 1. The molecule has 0 radical (unpaired) electrons. The molecule has 6 nitrogen and oxygen atoms in total. The quantitative estimate of drug-likeness (QED) is 0.431. The topological polar surface area (TPSA) is 76.1 Å². The lowest BCUT2D eigenvalue weighted by molar-refractivity contribution is 0.0528. The zero-order valence-electron chi connectivity index (χ0n) is 21.3. The van der Waals surface area contributed by atoms with E-state index in [1.807, 2.05) is 11.0 Å². The molecule has 0 saturated carbocycles. The molecule has 1 aliphatic rings. The number of benzene rings is 3. The molecule has 3 aromatic carbocycles. The van der Waals surface area contributed by atoms with E-state index in [0.717, 1.165) is 0 Å². The summed E-state index contributed by atoms with van der Waals surface area (Å²) in [6.45, 7) is 2.56. The standard InChI is InChI=1S/C30H32FNO5/c1-19-24(11-6-12-27(19)31)28-25(29(34)20-7-4-9-22(15-20)36-2)17-32(13-14-33)18-26(28)30(35)21-8-5-10-23(16-21)37-3/h4-12,15-16,25-26,28,33H,13-14,17-18H2,1-3H3/t25-,26-/m0/s1. The summed E-state index contributed by atoms with van der Waals surface area (Å²) >= 11 is 0. The van der Waals surface area contributed by atoms with Crippen LogP contribution in [0.1, 0.15) is 37.8 Å². The summed E-state index contributed by atoms with van der Waals surface area (Å²) in [4.78, 5) is 30.0. The number of nitrogens with zero attached hydrogens (tertiary/aromatic N) is 1. The minimum Gasteiger partial charge on any atom is -0.497 e. The molecular formula is C30H32FNO5.